The Balaban J connectivity index is 1.62. The first-order valence-electron chi connectivity index (χ1n) is 8.12. The molecule has 0 saturated carbocycles. The lowest BCUT2D eigenvalue weighted by Gasteiger charge is -2.19. The smallest absolute Gasteiger partial charge is 0.441 e. The Kier molecular flexibility index (Phi) is 4.57. The van der Waals surface area contributed by atoms with Crippen molar-refractivity contribution < 1.29 is 32.3 Å². The molecule has 152 valence electrons. The van der Waals surface area contributed by atoms with Gasteiger partial charge in [0.1, 0.15) is 11.5 Å². The number of carbonyl (C=O) groups excluding carboxylic acids is 2. The number of nitrogens with zero attached hydrogens (tertiary/aromatic N) is 3. The van der Waals surface area contributed by atoms with Crippen LogP contribution in [-0.2, 0) is 4.79 Å². The summed E-state index contributed by atoms with van der Waals surface area (Å²) in [5.41, 5.74) is 0.245. The Morgan fingerprint density at radius 1 is 1.20 bits per heavy atom. The summed E-state index contributed by atoms with van der Waals surface area (Å²) >= 11 is 0.164. The lowest BCUT2D eigenvalue weighted by molar-refractivity contribution is -0.255. The van der Waals surface area contributed by atoms with Crippen molar-refractivity contribution in [2.24, 2.45) is 10.1 Å². The molecule has 0 atom stereocenters. The van der Waals surface area contributed by atoms with Crippen LogP contribution < -0.4 is 5.11 Å². The second-order valence-electron chi connectivity index (χ2n) is 5.99. The van der Waals surface area contributed by atoms with Crippen LogP contribution in [0.2, 0.25) is 0 Å². The molecule has 0 radical (unpaired) electrons. The van der Waals surface area contributed by atoms with Crippen LogP contribution in [-0.4, -0.2) is 39.1 Å². The minimum atomic E-state index is -4.72. The quantitative estimate of drug-likeness (QED) is 0.742. The summed E-state index contributed by atoms with van der Waals surface area (Å²) < 4.78 is 44.1. The van der Waals surface area contributed by atoms with E-state index in [1.54, 1.807) is 6.07 Å². The molecular weight excluding hydrogens is 425 g/mol. The molecule has 30 heavy (non-hydrogen) atoms. The van der Waals surface area contributed by atoms with Crippen molar-refractivity contribution in [2.45, 2.75) is 6.18 Å². The minimum Gasteiger partial charge on any atom is -0.545 e. The number of benzene rings is 1. The fourth-order valence-corrected chi connectivity index (χ4v) is 3.36. The highest BCUT2D eigenvalue weighted by atomic mass is 32.2. The lowest BCUT2D eigenvalue weighted by atomic mass is 10.1. The number of halogens is 3. The monoisotopic (exact) mass is 433 g/mol. The molecular formula is C18H8F3N4O4S-. The van der Waals surface area contributed by atoms with Crippen LogP contribution in [0.5, 0.6) is 0 Å². The van der Waals surface area contributed by atoms with E-state index in [4.69, 9.17) is 9.83 Å². The van der Waals surface area contributed by atoms with Crippen LogP contribution in [0.25, 0.3) is 17.4 Å². The van der Waals surface area contributed by atoms with Gasteiger partial charge in [0.25, 0.3) is 5.91 Å². The number of hydrazone groups is 1. The Bertz CT molecular complexity index is 1180. The Hall–Kier alpha value is -3.67. The van der Waals surface area contributed by atoms with Crippen LogP contribution in [0.4, 0.5) is 13.2 Å². The zero-order valence-corrected chi connectivity index (χ0v) is 15.4. The number of carbonyl (C=O) groups is 2. The lowest BCUT2D eigenvalue weighted by Crippen LogP contribution is -2.35. The summed E-state index contributed by atoms with van der Waals surface area (Å²) in [6.07, 6.45) is -3.55. The average molecular weight is 433 g/mol. The maximum absolute atomic E-state index is 12.8. The van der Waals surface area contributed by atoms with Crippen molar-refractivity contribution in [1.29, 1.82) is 5.41 Å². The van der Waals surface area contributed by atoms with E-state index in [0.717, 1.165) is 0 Å². The topological polar surface area (TPSA) is 122 Å². The van der Waals surface area contributed by atoms with Crippen LogP contribution >= 0.6 is 11.8 Å². The normalized spacial score (nSPS) is 17.8. The number of hydrogen-bond acceptors (Lipinski definition) is 7. The van der Waals surface area contributed by atoms with Crippen molar-refractivity contribution in [3.8, 4) is 11.3 Å². The van der Waals surface area contributed by atoms with E-state index in [0.29, 0.717) is 16.3 Å². The van der Waals surface area contributed by atoms with Crippen LogP contribution in [0.3, 0.4) is 0 Å². The van der Waals surface area contributed by atoms with Gasteiger partial charge in [0.2, 0.25) is 10.2 Å². The van der Waals surface area contributed by atoms with Gasteiger partial charge in [0.05, 0.1) is 11.5 Å². The third-order valence-corrected chi connectivity index (χ3v) is 4.97. The van der Waals surface area contributed by atoms with Gasteiger partial charge in [-0.2, -0.15) is 28.3 Å². The first-order valence-corrected chi connectivity index (χ1v) is 8.94. The second kappa shape index (κ2) is 6.99. The summed E-state index contributed by atoms with van der Waals surface area (Å²) in [5, 5.41) is 21.3. The molecule has 8 nitrogen and oxygen atoms in total. The Morgan fingerprint density at radius 3 is 2.53 bits per heavy atom. The van der Waals surface area contributed by atoms with Gasteiger partial charge in [-0.1, -0.05) is 24.3 Å². The van der Waals surface area contributed by atoms with Gasteiger partial charge in [-0.25, -0.2) is 0 Å². The predicted molar refractivity (Wildman–Crippen MR) is 99.5 cm³/mol. The van der Waals surface area contributed by atoms with Gasteiger partial charge < -0.3 is 14.3 Å². The molecule has 4 rings (SSSR count). The van der Waals surface area contributed by atoms with Crippen molar-refractivity contribution in [3.63, 3.8) is 0 Å². The highest BCUT2D eigenvalue weighted by Crippen LogP contribution is 2.35. The number of amides is 1. The summed E-state index contributed by atoms with van der Waals surface area (Å²) in [7, 11) is 0. The van der Waals surface area contributed by atoms with Crippen molar-refractivity contribution in [2.75, 3.05) is 0 Å². The van der Waals surface area contributed by atoms with Gasteiger partial charge in [0, 0.05) is 5.56 Å². The van der Waals surface area contributed by atoms with E-state index in [1.807, 2.05) is 0 Å². The number of fused-ring (bicyclic) bond motifs is 1. The molecule has 1 aromatic carbocycles. The molecule has 2 aliphatic heterocycles. The maximum Gasteiger partial charge on any atom is 0.441 e. The first kappa shape index (κ1) is 19.6. The van der Waals surface area contributed by atoms with Gasteiger partial charge >= 0.3 is 6.18 Å². The molecule has 0 unspecified atom stereocenters. The molecule has 0 bridgehead atoms. The number of nitrogens with one attached hydrogen (secondary N) is 1. The minimum absolute atomic E-state index is 0.00942. The number of alkyl halides is 3. The molecule has 0 aliphatic carbocycles. The number of hydrogen-bond donors (Lipinski definition) is 1. The molecule has 12 heteroatoms. The van der Waals surface area contributed by atoms with Crippen molar-refractivity contribution in [3.05, 3.63) is 53.3 Å². The number of carboxylic acids is 1. The van der Waals surface area contributed by atoms with E-state index >= 15 is 0 Å². The third-order valence-electron chi connectivity index (χ3n) is 4.02. The van der Waals surface area contributed by atoms with Crippen LogP contribution in [0, 0.1) is 5.41 Å². The molecule has 1 aromatic heterocycles. The zero-order chi connectivity index (χ0) is 21.6. The van der Waals surface area contributed by atoms with Crippen LogP contribution in [0.1, 0.15) is 16.1 Å². The molecule has 0 saturated heterocycles. The van der Waals surface area contributed by atoms with E-state index in [-0.39, 0.29) is 33.8 Å². The third kappa shape index (κ3) is 3.52. The maximum atomic E-state index is 12.8. The summed E-state index contributed by atoms with van der Waals surface area (Å²) in [5.74, 6) is -2.29. The molecule has 1 N–H and O–H groups in total. The summed E-state index contributed by atoms with van der Waals surface area (Å²) in [4.78, 5) is 26.6. The molecule has 0 fully saturated rings. The first-order chi connectivity index (χ1) is 14.1. The van der Waals surface area contributed by atoms with E-state index in [1.165, 1.54) is 36.4 Å². The average Bonchev–Trinajstić information content (AvgIpc) is 3.32. The molecule has 1 amide bonds. The van der Waals surface area contributed by atoms with Crippen LogP contribution in [0.15, 0.2) is 56.5 Å². The van der Waals surface area contributed by atoms with E-state index in [9.17, 15) is 27.9 Å². The molecule has 2 aromatic rings. The fourth-order valence-electron chi connectivity index (χ4n) is 2.61. The predicted octanol–water partition coefficient (Wildman–Crippen LogP) is 2.49. The zero-order valence-electron chi connectivity index (χ0n) is 14.6. The SMILES string of the molecule is N=C1/C(=C\c2ccc(-c3ccc(C(=O)[O-])cc3)o2)C(=O)N=C2SC(C(F)(F)F)=NN12. The number of aromatic carboxylic acids is 1. The van der Waals surface area contributed by atoms with Gasteiger partial charge in [-0.3, -0.25) is 10.2 Å². The molecule has 0 spiro atoms. The fraction of sp³-hybridized carbons (Fsp3) is 0.0556. The number of carboxylic acid groups (broad SMARTS) is 1. The van der Waals surface area contributed by atoms with E-state index in [2.05, 4.69) is 10.1 Å². The number of amidine groups is 2. The van der Waals surface area contributed by atoms with Crippen molar-refractivity contribution in [1.82, 2.24) is 5.01 Å². The Labute approximate surface area is 169 Å². The number of thioether (sulfide) groups is 1. The highest BCUT2D eigenvalue weighted by molar-refractivity contribution is 8.27. The second-order valence-corrected chi connectivity index (χ2v) is 6.95. The number of furan rings is 1. The molecule has 2 aliphatic rings. The van der Waals surface area contributed by atoms with Gasteiger partial charge in [-0.05, 0) is 35.5 Å². The largest absolute Gasteiger partial charge is 0.545 e. The summed E-state index contributed by atoms with van der Waals surface area (Å²) in [6.45, 7) is 0. The van der Waals surface area contributed by atoms with E-state index < -0.39 is 28.9 Å². The number of rotatable bonds is 3. The Morgan fingerprint density at radius 2 is 1.90 bits per heavy atom. The van der Waals surface area contributed by atoms with Crippen molar-refractivity contribution >= 4 is 45.8 Å². The van der Waals surface area contributed by atoms with Gasteiger partial charge in [-0.15, -0.1) is 0 Å². The molecule has 3 heterocycles. The highest BCUT2D eigenvalue weighted by Gasteiger charge is 2.46. The summed E-state index contributed by atoms with van der Waals surface area (Å²) in [6, 6.07) is 8.71. The van der Waals surface area contributed by atoms with Gasteiger partial charge in [0.15, 0.2) is 5.84 Å². The number of aliphatic imine (C=N–C) groups is 1. The standard InChI is InChI=1S/C18H9F3N4O4S/c19-18(20,21)16-24-25-13(22)11(14(26)23-17(25)30-16)7-10-5-6-12(29-10)8-1-3-9(4-2-8)15(27)28/h1-7,22H,(H,27,28)/p-1/b11-7+,22-13?.